The lowest BCUT2D eigenvalue weighted by Crippen LogP contribution is -2.24. The summed E-state index contributed by atoms with van der Waals surface area (Å²) in [5, 5.41) is 7.81. The van der Waals surface area contributed by atoms with Crippen molar-refractivity contribution in [1.82, 2.24) is 14.9 Å². The quantitative estimate of drug-likeness (QED) is 0.727. The summed E-state index contributed by atoms with van der Waals surface area (Å²) in [5.74, 6) is 1.13. The largest absolute Gasteiger partial charge is 0.497 e. The van der Waals surface area contributed by atoms with Crippen LogP contribution in [-0.4, -0.2) is 25.7 Å². The Morgan fingerprint density at radius 1 is 1.12 bits per heavy atom. The molecule has 8 heteroatoms. The first kappa shape index (κ1) is 17.1. The fourth-order valence-corrected chi connectivity index (χ4v) is 3.51. The first-order chi connectivity index (χ1) is 12.0. The highest BCUT2D eigenvalue weighted by Crippen LogP contribution is 2.21. The third kappa shape index (κ3) is 3.86. The van der Waals surface area contributed by atoms with Gasteiger partial charge in [0.1, 0.15) is 5.75 Å². The van der Waals surface area contributed by atoms with Crippen LogP contribution in [0.25, 0.3) is 11.5 Å². The monoisotopic (exact) mass is 359 g/mol. The van der Waals surface area contributed by atoms with Crippen molar-refractivity contribution in [3.63, 3.8) is 0 Å². The van der Waals surface area contributed by atoms with Crippen LogP contribution in [0.15, 0.2) is 57.8 Å². The zero-order valence-corrected chi connectivity index (χ0v) is 14.6. The normalized spacial score (nSPS) is 11.4. The lowest BCUT2D eigenvalue weighted by Gasteiger charge is -2.09. The summed E-state index contributed by atoms with van der Waals surface area (Å²) in [5.41, 5.74) is 1.36. The van der Waals surface area contributed by atoms with Crippen molar-refractivity contribution in [2.24, 2.45) is 0 Å². The van der Waals surface area contributed by atoms with Crippen LogP contribution >= 0.6 is 0 Å². The molecule has 1 aromatic heterocycles. The minimum absolute atomic E-state index is 0.0896. The van der Waals surface area contributed by atoms with Gasteiger partial charge in [0.15, 0.2) is 0 Å². The van der Waals surface area contributed by atoms with Gasteiger partial charge in [-0.25, -0.2) is 13.1 Å². The number of sulfonamides is 1. The molecule has 0 saturated heterocycles. The average Bonchev–Trinajstić information content (AvgIpc) is 3.09. The van der Waals surface area contributed by atoms with Crippen LogP contribution in [0, 0.1) is 6.92 Å². The Labute approximate surface area is 145 Å². The molecule has 3 rings (SSSR count). The molecule has 0 spiro atoms. The summed E-state index contributed by atoms with van der Waals surface area (Å²) in [6.45, 7) is 1.62. The van der Waals surface area contributed by atoms with Gasteiger partial charge in [0.2, 0.25) is 21.8 Å². The average molecular weight is 359 g/mol. The third-order valence-corrected chi connectivity index (χ3v) is 5.13. The van der Waals surface area contributed by atoms with E-state index in [2.05, 4.69) is 14.9 Å². The number of methoxy groups -OCH3 is 1. The zero-order chi connectivity index (χ0) is 17.9. The number of rotatable bonds is 6. The van der Waals surface area contributed by atoms with Crippen LogP contribution in [-0.2, 0) is 16.6 Å². The van der Waals surface area contributed by atoms with E-state index in [0.29, 0.717) is 17.2 Å². The standard InChI is InChI=1S/C17H17N3O4S/c1-12-10-14(23-2)8-9-15(12)25(21,22)18-11-16-19-20-17(24-16)13-6-4-3-5-7-13/h3-10,18H,11H2,1-2H3. The van der Waals surface area contributed by atoms with Gasteiger partial charge in [0.05, 0.1) is 18.6 Å². The number of hydrogen-bond acceptors (Lipinski definition) is 6. The number of aryl methyl sites for hydroxylation is 1. The molecule has 1 heterocycles. The van der Waals surface area contributed by atoms with Crippen molar-refractivity contribution in [1.29, 1.82) is 0 Å². The highest BCUT2D eigenvalue weighted by atomic mass is 32.2. The van der Waals surface area contributed by atoms with E-state index in [1.165, 1.54) is 13.2 Å². The SMILES string of the molecule is COc1ccc(S(=O)(=O)NCc2nnc(-c3ccccc3)o2)c(C)c1. The maximum atomic E-state index is 12.5. The maximum absolute atomic E-state index is 12.5. The maximum Gasteiger partial charge on any atom is 0.247 e. The van der Waals surface area contributed by atoms with Crippen LogP contribution in [0.2, 0.25) is 0 Å². The fourth-order valence-electron chi connectivity index (χ4n) is 2.31. The van der Waals surface area contributed by atoms with Crippen LogP contribution in [0.5, 0.6) is 5.75 Å². The van der Waals surface area contributed by atoms with Gasteiger partial charge in [0.25, 0.3) is 0 Å². The lowest BCUT2D eigenvalue weighted by atomic mass is 10.2. The first-order valence-electron chi connectivity index (χ1n) is 7.52. The van der Waals surface area contributed by atoms with E-state index in [-0.39, 0.29) is 17.3 Å². The highest BCUT2D eigenvalue weighted by molar-refractivity contribution is 7.89. The number of benzene rings is 2. The molecule has 130 valence electrons. The molecular weight excluding hydrogens is 342 g/mol. The predicted molar refractivity (Wildman–Crippen MR) is 91.5 cm³/mol. The van der Waals surface area contributed by atoms with Gasteiger partial charge in [-0.3, -0.25) is 0 Å². The molecule has 2 aromatic carbocycles. The molecule has 0 bridgehead atoms. The number of aromatic nitrogens is 2. The summed E-state index contributed by atoms with van der Waals surface area (Å²) in [6, 6.07) is 14.0. The molecule has 1 N–H and O–H groups in total. The minimum atomic E-state index is -3.70. The smallest absolute Gasteiger partial charge is 0.247 e. The Hall–Kier alpha value is -2.71. The van der Waals surface area contributed by atoms with E-state index in [1.807, 2.05) is 30.3 Å². The van der Waals surface area contributed by atoms with Crippen molar-refractivity contribution in [3.8, 4) is 17.2 Å². The predicted octanol–water partition coefficient (Wildman–Crippen LogP) is 2.53. The molecular formula is C17H17N3O4S. The number of ether oxygens (including phenoxy) is 1. The number of nitrogens with zero attached hydrogens (tertiary/aromatic N) is 2. The Morgan fingerprint density at radius 2 is 1.88 bits per heavy atom. The van der Waals surface area contributed by atoms with Crippen molar-refractivity contribution in [2.75, 3.05) is 7.11 Å². The van der Waals surface area contributed by atoms with E-state index in [0.717, 1.165) is 5.56 Å². The summed E-state index contributed by atoms with van der Waals surface area (Å²) < 4.78 is 38.0. The number of hydrogen-bond donors (Lipinski definition) is 1. The van der Waals surface area contributed by atoms with Crippen molar-refractivity contribution >= 4 is 10.0 Å². The molecule has 3 aromatic rings. The van der Waals surface area contributed by atoms with E-state index >= 15 is 0 Å². The molecule has 0 saturated carbocycles. The van der Waals surface area contributed by atoms with E-state index in [4.69, 9.17) is 9.15 Å². The van der Waals surface area contributed by atoms with Gasteiger partial charge in [-0.1, -0.05) is 18.2 Å². The molecule has 0 atom stereocenters. The molecule has 0 amide bonds. The van der Waals surface area contributed by atoms with Crippen molar-refractivity contribution in [2.45, 2.75) is 18.4 Å². The van der Waals surface area contributed by atoms with Crippen LogP contribution < -0.4 is 9.46 Å². The third-order valence-electron chi connectivity index (χ3n) is 3.57. The van der Waals surface area contributed by atoms with E-state index in [9.17, 15) is 8.42 Å². The summed E-state index contributed by atoms with van der Waals surface area (Å²) >= 11 is 0. The summed E-state index contributed by atoms with van der Waals surface area (Å²) in [4.78, 5) is 0.177. The van der Waals surface area contributed by atoms with Crippen molar-refractivity contribution < 1.29 is 17.6 Å². The Balaban J connectivity index is 1.74. The topological polar surface area (TPSA) is 94.3 Å². The van der Waals surface area contributed by atoms with Gasteiger partial charge in [0, 0.05) is 5.56 Å². The first-order valence-corrected chi connectivity index (χ1v) is 9.00. The van der Waals surface area contributed by atoms with Gasteiger partial charge >= 0.3 is 0 Å². The Kier molecular flexibility index (Phi) is 4.82. The second kappa shape index (κ2) is 7.04. The lowest BCUT2D eigenvalue weighted by molar-refractivity contribution is 0.414. The molecule has 7 nitrogen and oxygen atoms in total. The zero-order valence-electron chi connectivity index (χ0n) is 13.8. The molecule has 0 radical (unpaired) electrons. The molecule has 0 aliphatic rings. The summed E-state index contributed by atoms with van der Waals surface area (Å²) in [6.07, 6.45) is 0. The fraction of sp³-hybridized carbons (Fsp3) is 0.176. The number of nitrogens with one attached hydrogen (secondary N) is 1. The second-order valence-electron chi connectivity index (χ2n) is 5.32. The summed E-state index contributed by atoms with van der Waals surface area (Å²) in [7, 11) is -2.17. The highest BCUT2D eigenvalue weighted by Gasteiger charge is 2.18. The Bertz CT molecular complexity index is 969. The van der Waals surface area contributed by atoms with E-state index in [1.54, 1.807) is 19.1 Å². The van der Waals surface area contributed by atoms with Gasteiger partial charge < -0.3 is 9.15 Å². The van der Waals surface area contributed by atoms with Gasteiger partial charge in [-0.15, -0.1) is 10.2 Å². The van der Waals surface area contributed by atoms with Crippen LogP contribution in [0.3, 0.4) is 0 Å². The van der Waals surface area contributed by atoms with E-state index < -0.39 is 10.0 Å². The van der Waals surface area contributed by atoms with Crippen molar-refractivity contribution in [3.05, 3.63) is 60.0 Å². The molecule has 25 heavy (non-hydrogen) atoms. The van der Waals surface area contributed by atoms with Gasteiger partial charge in [-0.2, -0.15) is 0 Å². The molecule has 0 aliphatic carbocycles. The van der Waals surface area contributed by atoms with Crippen LogP contribution in [0.1, 0.15) is 11.5 Å². The van der Waals surface area contributed by atoms with Crippen LogP contribution in [0.4, 0.5) is 0 Å². The minimum Gasteiger partial charge on any atom is -0.497 e. The Morgan fingerprint density at radius 3 is 2.56 bits per heavy atom. The molecule has 0 aliphatic heterocycles. The van der Waals surface area contributed by atoms with Gasteiger partial charge in [-0.05, 0) is 42.8 Å². The molecule has 0 unspecified atom stereocenters. The second-order valence-corrected chi connectivity index (χ2v) is 7.06. The molecule has 0 fully saturated rings.